The molecule has 0 atom stereocenters. The smallest absolute Gasteiger partial charge is 0.164 e. The number of rotatable bonds is 4. The molecule has 0 N–H and O–H groups in total. The zero-order valence-corrected chi connectivity index (χ0v) is 31.0. The van der Waals surface area contributed by atoms with Crippen molar-refractivity contribution in [2.75, 3.05) is 0 Å². The summed E-state index contributed by atoms with van der Waals surface area (Å²) in [5.74, 6) is 1.97. The Morgan fingerprint density at radius 2 is 0.804 bits per heavy atom. The van der Waals surface area contributed by atoms with Gasteiger partial charge in [-0.2, -0.15) is 0 Å². The zero-order valence-electron chi connectivity index (χ0n) is 30.1. The summed E-state index contributed by atoms with van der Waals surface area (Å²) in [5, 5.41) is 2.53. The fraction of sp³-hybridized carbons (Fsp3) is 0.0192. The van der Waals surface area contributed by atoms with E-state index >= 15 is 0 Å². The molecule has 0 fully saturated rings. The summed E-state index contributed by atoms with van der Waals surface area (Å²) in [5.41, 5.74) is 15.5. The van der Waals surface area contributed by atoms with Crippen molar-refractivity contribution >= 4 is 31.5 Å². The first-order valence-electron chi connectivity index (χ1n) is 19.0. The van der Waals surface area contributed by atoms with Crippen LogP contribution in [0, 0.1) is 0 Å². The Morgan fingerprint density at radius 3 is 1.52 bits per heavy atom. The first-order valence-corrected chi connectivity index (χ1v) is 19.8. The minimum absolute atomic E-state index is 0.372. The number of aromatic nitrogens is 3. The van der Waals surface area contributed by atoms with Crippen molar-refractivity contribution in [2.24, 2.45) is 0 Å². The predicted molar refractivity (Wildman–Crippen MR) is 231 cm³/mol. The quantitative estimate of drug-likeness (QED) is 0.181. The molecule has 1 spiro atoms. The number of thiophene rings is 1. The largest absolute Gasteiger partial charge is 0.208 e. The predicted octanol–water partition coefficient (Wildman–Crippen LogP) is 13.3. The van der Waals surface area contributed by atoms with Gasteiger partial charge in [0.1, 0.15) is 0 Å². The van der Waals surface area contributed by atoms with Crippen LogP contribution in [0.4, 0.5) is 0 Å². The third kappa shape index (κ3) is 4.42. The molecular weight excluding hydrogens is 699 g/mol. The van der Waals surface area contributed by atoms with E-state index in [-0.39, 0.29) is 5.41 Å². The van der Waals surface area contributed by atoms with Crippen LogP contribution in [0.5, 0.6) is 0 Å². The molecule has 0 radical (unpaired) electrons. The van der Waals surface area contributed by atoms with Crippen molar-refractivity contribution < 1.29 is 0 Å². The van der Waals surface area contributed by atoms with Gasteiger partial charge >= 0.3 is 0 Å². The maximum Gasteiger partial charge on any atom is 0.164 e. The van der Waals surface area contributed by atoms with E-state index in [0.29, 0.717) is 17.5 Å². The van der Waals surface area contributed by atoms with Gasteiger partial charge in [-0.15, -0.1) is 11.3 Å². The van der Waals surface area contributed by atoms with E-state index in [1.54, 1.807) is 11.3 Å². The topological polar surface area (TPSA) is 38.7 Å². The summed E-state index contributed by atoms with van der Waals surface area (Å²) in [6, 6.07) is 67.9. The highest BCUT2D eigenvalue weighted by atomic mass is 32.1. The van der Waals surface area contributed by atoms with E-state index in [0.717, 1.165) is 22.3 Å². The molecule has 2 heterocycles. The van der Waals surface area contributed by atoms with Crippen molar-refractivity contribution in [1.29, 1.82) is 0 Å². The molecule has 4 heteroatoms. The van der Waals surface area contributed by atoms with Crippen LogP contribution in [0.1, 0.15) is 22.3 Å². The monoisotopic (exact) mass is 729 g/mol. The van der Waals surface area contributed by atoms with Crippen LogP contribution in [0.15, 0.2) is 188 Å². The SMILES string of the molecule is c1ccc(-c2nc(-c3ccc(-c4cccc5c4-c4ccccc4C54c5ccccc5-c5ccccc54)cc3)nc(-c3ccc4c(c3)sc3ccccc34)n2)cc1. The van der Waals surface area contributed by atoms with Crippen LogP contribution < -0.4 is 0 Å². The third-order valence-corrected chi connectivity index (χ3v) is 12.9. The highest BCUT2D eigenvalue weighted by Crippen LogP contribution is 2.63. The highest BCUT2D eigenvalue weighted by Gasteiger charge is 2.51. The Hall–Kier alpha value is -7.01. The van der Waals surface area contributed by atoms with E-state index in [9.17, 15) is 0 Å². The average Bonchev–Trinajstić information content (AvgIpc) is 3.90. The van der Waals surface area contributed by atoms with Gasteiger partial charge in [-0.1, -0.05) is 176 Å². The standard InChI is InChI=1S/C52H31N3S/c1-2-13-33(14-3-1)49-53-50(55-51(54-49)35-29-30-40-39-17-7-11-24-46(39)56-47(40)31-35)34-27-25-32(26-28-34)36-19-12-23-45-48(36)41-18-6-10-22-44(41)52(45)42-20-8-4-15-37(42)38-16-5-9-21-43(38)52/h1-31H. The fourth-order valence-corrected chi connectivity index (χ4v) is 10.5. The normalized spacial score (nSPS) is 13.1. The second kappa shape index (κ2) is 12.0. The second-order valence-electron chi connectivity index (χ2n) is 14.7. The molecule has 3 nitrogen and oxygen atoms in total. The fourth-order valence-electron chi connectivity index (χ4n) is 9.40. The van der Waals surface area contributed by atoms with Crippen LogP contribution >= 0.6 is 11.3 Å². The van der Waals surface area contributed by atoms with Crippen molar-refractivity contribution in [3.8, 4) is 67.5 Å². The highest BCUT2D eigenvalue weighted by molar-refractivity contribution is 7.25. The minimum Gasteiger partial charge on any atom is -0.208 e. The molecule has 0 bridgehead atoms. The molecule has 12 rings (SSSR count). The number of hydrogen-bond acceptors (Lipinski definition) is 4. The van der Waals surface area contributed by atoms with Crippen LogP contribution in [-0.4, -0.2) is 15.0 Å². The molecule has 0 saturated heterocycles. The number of hydrogen-bond donors (Lipinski definition) is 0. The summed E-state index contributed by atoms with van der Waals surface area (Å²) in [7, 11) is 0. The molecule has 0 unspecified atom stereocenters. The van der Waals surface area contributed by atoms with Gasteiger partial charge in [0.2, 0.25) is 0 Å². The van der Waals surface area contributed by atoms with Gasteiger partial charge in [-0.25, -0.2) is 15.0 Å². The summed E-state index contributed by atoms with van der Waals surface area (Å²) in [6.45, 7) is 0. The lowest BCUT2D eigenvalue weighted by molar-refractivity contribution is 0.794. The maximum atomic E-state index is 5.12. The van der Waals surface area contributed by atoms with E-state index in [1.165, 1.54) is 70.2 Å². The molecule has 0 saturated carbocycles. The van der Waals surface area contributed by atoms with Gasteiger partial charge in [0, 0.05) is 36.9 Å². The van der Waals surface area contributed by atoms with Gasteiger partial charge < -0.3 is 0 Å². The van der Waals surface area contributed by atoms with Crippen LogP contribution in [0.25, 0.3) is 87.7 Å². The van der Waals surface area contributed by atoms with E-state index < -0.39 is 0 Å². The summed E-state index contributed by atoms with van der Waals surface area (Å²) >= 11 is 1.80. The number of nitrogens with zero attached hydrogens (tertiary/aromatic N) is 3. The van der Waals surface area contributed by atoms with Gasteiger partial charge in [0.25, 0.3) is 0 Å². The molecule has 56 heavy (non-hydrogen) atoms. The second-order valence-corrected chi connectivity index (χ2v) is 15.8. The number of fused-ring (bicyclic) bond motifs is 13. The van der Waals surface area contributed by atoms with Crippen molar-refractivity contribution in [3.63, 3.8) is 0 Å². The molecule has 260 valence electrons. The third-order valence-electron chi connectivity index (χ3n) is 11.8. The van der Waals surface area contributed by atoms with Crippen LogP contribution in [0.3, 0.4) is 0 Å². The van der Waals surface area contributed by atoms with Gasteiger partial charge in [0.15, 0.2) is 17.5 Å². The first-order chi connectivity index (χ1) is 27.8. The molecule has 0 aliphatic heterocycles. The maximum absolute atomic E-state index is 5.12. The lowest BCUT2D eigenvalue weighted by Gasteiger charge is -2.30. The molecular formula is C52H31N3S. The minimum atomic E-state index is -0.372. The van der Waals surface area contributed by atoms with Crippen LogP contribution in [0.2, 0.25) is 0 Å². The van der Waals surface area contributed by atoms with Gasteiger partial charge in [0.05, 0.1) is 5.41 Å². The average molecular weight is 730 g/mol. The van der Waals surface area contributed by atoms with Gasteiger partial charge in [-0.3, -0.25) is 0 Å². The summed E-state index contributed by atoms with van der Waals surface area (Å²) < 4.78 is 2.50. The molecule has 2 aliphatic carbocycles. The van der Waals surface area contributed by atoms with Crippen molar-refractivity contribution in [1.82, 2.24) is 15.0 Å². The molecule has 8 aromatic carbocycles. The first kappa shape index (κ1) is 31.4. The molecule has 10 aromatic rings. The lowest BCUT2D eigenvalue weighted by atomic mass is 9.70. The van der Waals surface area contributed by atoms with Crippen LogP contribution in [-0.2, 0) is 5.41 Å². The Kier molecular flexibility index (Phi) is 6.72. The number of benzene rings is 8. The Balaban J connectivity index is 0.998. The summed E-state index contributed by atoms with van der Waals surface area (Å²) in [6.07, 6.45) is 0. The van der Waals surface area contributed by atoms with Gasteiger partial charge in [-0.05, 0) is 67.8 Å². The molecule has 0 amide bonds. The Labute approximate surface area is 328 Å². The molecule has 2 aromatic heterocycles. The lowest BCUT2D eigenvalue weighted by Crippen LogP contribution is -2.25. The Bertz CT molecular complexity index is 3150. The molecule has 2 aliphatic rings. The van der Waals surface area contributed by atoms with Crippen molar-refractivity contribution in [2.45, 2.75) is 5.41 Å². The van der Waals surface area contributed by atoms with E-state index in [2.05, 4.69) is 170 Å². The van der Waals surface area contributed by atoms with Crippen molar-refractivity contribution in [3.05, 3.63) is 210 Å². The van der Waals surface area contributed by atoms with E-state index in [4.69, 9.17) is 15.0 Å². The summed E-state index contributed by atoms with van der Waals surface area (Å²) in [4.78, 5) is 15.2. The Morgan fingerprint density at radius 1 is 0.321 bits per heavy atom. The zero-order chi connectivity index (χ0) is 36.8. The van der Waals surface area contributed by atoms with E-state index in [1.807, 2.05) is 18.2 Å².